The predicted octanol–water partition coefficient (Wildman–Crippen LogP) is -1.68. The number of anilines is 1. The van der Waals surface area contributed by atoms with E-state index in [-0.39, 0.29) is 34.5 Å². The molecule has 88 valence electrons. The van der Waals surface area contributed by atoms with Gasteiger partial charge >= 0.3 is 29.6 Å². The molecule has 5 nitrogen and oxygen atoms in total. The summed E-state index contributed by atoms with van der Waals surface area (Å²) in [6.45, 7) is 0. The molecule has 7 heteroatoms. The molecule has 0 fully saturated rings. The van der Waals surface area contributed by atoms with Crippen LogP contribution in [0.2, 0.25) is 0 Å². The summed E-state index contributed by atoms with van der Waals surface area (Å²) >= 11 is 0. The van der Waals surface area contributed by atoms with Crippen LogP contribution in [0.25, 0.3) is 10.8 Å². The predicted molar refractivity (Wildman–Crippen MR) is 61.6 cm³/mol. The van der Waals surface area contributed by atoms with E-state index in [9.17, 15) is 17.8 Å². The van der Waals surface area contributed by atoms with Gasteiger partial charge in [0.2, 0.25) is 6.41 Å². The van der Waals surface area contributed by atoms with Crippen LogP contribution in [0, 0.1) is 0 Å². The van der Waals surface area contributed by atoms with Crippen LogP contribution in [0.1, 0.15) is 0 Å². The summed E-state index contributed by atoms with van der Waals surface area (Å²) in [4.78, 5) is 10.1. The summed E-state index contributed by atoms with van der Waals surface area (Å²) in [5, 5.41) is 3.26. The second kappa shape index (κ2) is 5.81. The van der Waals surface area contributed by atoms with Crippen LogP contribution in [-0.4, -0.2) is 19.4 Å². The smallest absolute Gasteiger partial charge is 0.744 e. The Bertz CT molecular complexity index is 685. The first-order chi connectivity index (χ1) is 8.04. The van der Waals surface area contributed by atoms with Crippen molar-refractivity contribution in [3.05, 3.63) is 36.4 Å². The molecule has 2 rings (SSSR count). The van der Waals surface area contributed by atoms with Crippen molar-refractivity contribution in [2.24, 2.45) is 0 Å². The molecule has 2 aromatic carbocycles. The molecule has 0 atom stereocenters. The van der Waals surface area contributed by atoms with Gasteiger partial charge in [-0.25, -0.2) is 8.42 Å². The molecule has 0 saturated carbocycles. The van der Waals surface area contributed by atoms with Crippen LogP contribution in [0.4, 0.5) is 5.69 Å². The van der Waals surface area contributed by atoms with Crippen LogP contribution in [0.15, 0.2) is 41.3 Å². The summed E-state index contributed by atoms with van der Waals surface area (Å²) < 4.78 is 33.2. The van der Waals surface area contributed by atoms with Gasteiger partial charge in [0, 0.05) is 16.5 Å². The van der Waals surface area contributed by atoms with E-state index in [1.165, 1.54) is 18.2 Å². The Morgan fingerprint density at radius 1 is 1.06 bits per heavy atom. The fourth-order valence-electron chi connectivity index (χ4n) is 1.68. The second-order valence-electron chi connectivity index (χ2n) is 3.37. The molecule has 0 spiro atoms. The maximum atomic E-state index is 11.1. The number of fused-ring (bicyclic) bond motifs is 1. The first-order valence-corrected chi connectivity index (χ1v) is 6.12. The van der Waals surface area contributed by atoms with E-state index < -0.39 is 10.1 Å². The Balaban J connectivity index is 0.00000162. The molecule has 0 aliphatic rings. The minimum Gasteiger partial charge on any atom is -0.744 e. The molecule has 0 heterocycles. The SMILES string of the molecule is O=CNc1ccc(S(=O)(=O)[O-])c2ccccc12.[Na+]. The number of nitrogens with one attached hydrogen (secondary N) is 1. The van der Waals surface area contributed by atoms with Crippen molar-refractivity contribution >= 4 is 33.0 Å². The third kappa shape index (κ3) is 2.90. The second-order valence-corrected chi connectivity index (χ2v) is 4.72. The van der Waals surface area contributed by atoms with Crippen molar-refractivity contribution in [2.75, 3.05) is 5.32 Å². The number of hydrogen-bond acceptors (Lipinski definition) is 4. The number of amides is 1. The number of hydrogen-bond donors (Lipinski definition) is 1. The number of carbonyl (C=O) groups is 1. The van der Waals surface area contributed by atoms with E-state index in [2.05, 4.69) is 5.32 Å². The number of rotatable bonds is 3. The molecule has 2 aromatic rings. The van der Waals surface area contributed by atoms with Crippen molar-refractivity contribution in [3.63, 3.8) is 0 Å². The molecule has 0 aromatic heterocycles. The quantitative estimate of drug-likeness (QED) is 0.411. The largest absolute Gasteiger partial charge is 1.00 e. The molecular formula is C11H8NNaO4S. The summed E-state index contributed by atoms with van der Waals surface area (Å²) in [7, 11) is -4.53. The van der Waals surface area contributed by atoms with Crippen molar-refractivity contribution < 1.29 is 47.3 Å². The van der Waals surface area contributed by atoms with Gasteiger partial charge in [-0.2, -0.15) is 0 Å². The molecular weight excluding hydrogens is 265 g/mol. The first-order valence-electron chi connectivity index (χ1n) is 4.72. The van der Waals surface area contributed by atoms with Crippen molar-refractivity contribution in [3.8, 4) is 0 Å². The Morgan fingerprint density at radius 2 is 1.67 bits per heavy atom. The van der Waals surface area contributed by atoms with Gasteiger partial charge in [-0.3, -0.25) is 4.79 Å². The van der Waals surface area contributed by atoms with Crippen LogP contribution >= 0.6 is 0 Å². The van der Waals surface area contributed by atoms with E-state index in [4.69, 9.17) is 0 Å². The summed E-state index contributed by atoms with van der Waals surface area (Å²) in [6.07, 6.45) is 0.493. The number of carbonyl (C=O) groups excluding carboxylic acids is 1. The van der Waals surface area contributed by atoms with Crippen LogP contribution < -0.4 is 34.9 Å². The molecule has 0 radical (unpaired) electrons. The molecule has 0 saturated heterocycles. The average Bonchev–Trinajstić information content (AvgIpc) is 2.28. The minimum absolute atomic E-state index is 0. The summed E-state index contributed by atoms with van der Waals surface area (Å²) in [6, 6.07) is 9.06. The normalized spacial score (nSPS) is 10.7. The van der Waals surface area contributed by atoms with Crippen LogP contribution in [0.5, 0.6) is 0 Å². The van der Waals surface area contributed by atoms with Gasteiger partial charge in [0.15, 0.2) is 0 Å². The van der Waals surface area contributed by atoms with Crippen molar-refractivity contribution in [2.45, 2.75) is 4.90 Å². The van der Waals surface area contributed by atoms with Gasteiger partial charge in [0.05, 0.1) is 4.90 Å². The zero-order valence-electron chi connectivity index (χ0n) is 9.58. The maximum Gasteiger partial charge on any atom is 1.00 e. The van der Waals surface area contributed by atoms with Gasteiger partial charge in [-0.15, -0.1) is 0 Å². The molecule has 0 aliphatic heterocycles. The van der Waals surface area contributed by atoms with E-state index in [1.54, 1.807) is 18.2 Å². The average molecular weight is 273 g/mol. The minimum atomic E-state index is -4.53. The molecule has 0 bridgehead atoms. The zero-order valence-corrected chi connectivity index (χ0v) is 12.4. The maximum absolute atomic E-state index is 11.1. The summed E-state index contributed by atoms with van der Waals surface area (Å²) in [5.41, 5.74) is 0.461. The van der Waals surface area contributed by atoms with Crippen LogP contribution in [-0.2, 0) is 14.9 Å². The van der Waals surface area contributed by atoms with Gasteiger partial charge in [0.1, 0.15) is 10.1 Å². The fourth-order valence-corrected chi connectivity index (χ4v) is 2.36. The Morgan fingerprint density at radius 3 is 2.22 bits per heavy atom. The number of benzene rings is 2. The zero-order chi connectivity index (χ0) is 12.5. The van der Waals surface area contributed by atoms with E-state index in [0.29, 0.717) is 22.9 Å². The monoisotopic (exact) mass is 273 g/mol. The Labute approximate surface area is 126 Å². The Hall–Kier alpha value is -0.920. The standard InChI is InChI=1S/C11H9NO4S.Na/c13-7-12-10-5-6-11(17(14,15)16)9-4-2-1-3-8(9)10;/h1-7H,(H,12,13)(H,14,15,16);/q;+1/p-1. The van der Waals surface area contributed by atoms with Gasteiger partial charge in [0.25, 0.3) is 0 Å². The molecule has 1 N–H and O–H groups in total. The molecule has 1 amide bonds. The Kier molecular flexibility index (Phi) is 4.89. The van der Waals surface area contributed by atoms with Crippen molar-refractivity contribution in [1.82, 2.24) is 0 Å². The van der Waals surface area contributed by atoms with Gasteiger partial charge in [-0.1, -0.05) is 24.3 Å². The van der Waals surface area contributed by atoms with E-state index in [0.717, 1.165) is 0 Å². The van der Waals surface area contributed by atoms with Crippen LogP contribution in [0.3, 0.4) is 0 Å². The third-order valence-corrected chi connectivity index (χ3v) is 3.26. The van der Waals surface area contributed by atoms with Gasteiger partial charge in [-0.05, 0) is 12.1 Å². The molecule has 0 unspecified atom stereocenters. The third-order valence-electron chi connectivity index (χ3n) is 2.37. The van der Waals surface area contributed by atoms with Gasteiger partial charge < -0.3 is 9.87 Å². The molecule has 0 aliphatic carbocycles. The fraction of sp³-hybridized carbons (Fsp3) is 0. The van der Waals surface area contributed by atoms with Crippen molar-refractivity contribution in [1.29, 1.82) is 0 Å². The first kappa shape index (κ1) is 15.1. The summed E-state index contributed by atoms with van der Waals surface area (Å²) in [5.74, 6) is 0. The van der Waals surface area contributed by atoms with E-state index in [1.807, 2.05) is 0 Å². The topological polar surface area (TPSA) is 86.3 Å². The molecule has 18 heavy (non-hydrogen) atoms. The van der Waals surface area contributed by atoms with E-state index >= 15 is 0 Å².